The van der Waals surface area contributed by atoms with E-state index in [0.717, 1.165) is 11.1 Å². The SMILES string of the molecule is Cc1cccn2cc(C(=O)N3CC(n4cc(C(N)=O)nn4)C3)cc12. The van der Waals surface area contributed by atoms with Gasteiger partial charge in [-0.25, -0.2) is 4.68 Å². The molecule has 0 aliphatic carbocycles. The van der Waals surface area contributed by atoms with E-state index < -0.39 is 5.91 Å². The lowest BCUT2D eigenvalue weighted by Crippen LogP contribution is -2.50. The van der Waals surface area contributed by atoms with Crippen molar-refractivity contribution >= 4 is 17.3 Å². The lowest BCUT2D eigenvalue weighted by Gasteiger charge is -2.38. The van der Waals surface area contributed by atoms with Gasteiger partial charge < -0.3 is 15.0 Å². The average molecular weight is 324 g/mol. The van der Waals surface area contributed by atoms with Crippen molar-refractivity contribution in [3.8, 4) is 0 Å². The van der Waals surface area contributed by atoms with E-state index in [4.69, 9.17) is 5.73 Å². The van der Waals surface area contributed by atoms with E-state index in [-0.39, 0.29) is 17.6 Å². The molecule has 0 bridgehead atoms. The monoisotopic (exact) mass is 324 g/mol. The highest BCUT2D eigenvalue weighted by Crippen LogP contribution is 2.24. The number of primary amides is 1. The van der Waals surface area contributed by atoms with Crippen molar-refractivity contribution in [2.24, 2.45) is 5.73 Å². The van der Waals surface area contributed by atoms with Crippen molar-refractivity contribution in [3.63, 3.8) is 0 Å². The van der Waals surface area contributed by atoms with Crippen LogP contribution in [0.2, 0.25) is 0 Å². The second-order valence-corrected chi connectivity index (χ2v) is 6.02. The third-order valence-electron chi connectivity index (χ3n) is 4.38. The smallest absolute Gasteiger partial charge is 0.270 e. The number of fused-ring (bicyclic) bond motifs is 1. The van der Waals surface area contributed by atoms with Crippen molar-refractivity contribution in [1.29, 1.82) is 0 Å². The summed E-state index contributed by atoms with van der Waals surface area (Å²) in [7, 11) is 0. The first-order valence-electron chi connectivity index (χ1n) is 7.61. The Labute approximate surface area is 137 Å². The Bertz CT molecular complexity index is 951. The molecule has 0 saturated carbocycles. The molecule has 1 aliphatic rings. The number of aromatic nitrogens is 4. The fourth-order valence-corrected chi connectivity index (χ4v) is 2.94. The standard InChI is InChI=1S/C16H16N6O2/c1-10-3-2-4-20-6-11(5-14(10)20)16(24)21-7-12(8-21)22-9-13(15(17)23)18-19-22/h2-6,9,12H,7-8H2,1H3,(H2,17,23). The molecule has 3 aromatic heterocycles. The summed E-state index contributed by atoms with van der Waals surface area (Å²) in [6.45, 7) is 3.08. The number of hydrogen-bond donors (Lipinski definition) is 1. The van der Waals surface area contributed by atoms with Crippen molar-refractivity contribution < 1.29 is 9.59 Å². The van der Waals surface area contributed by atoms with Crippen LogP contribution in [-0.4, -0.2) is 49.2 Å². The lowest BCUT2D eigenvalue weighted by atomic mass is 10.1. The molecule has 0 spiro atoms. The van der Waals surface area contributed by atoms with Crippen LogP contribution in [-0.2, 0) is 0 Å². The molecular formula is C16H16N6O2. The second kappa shape index (κ2) is 5.19. The molecule has 4 rings (SSSR count). The molecule has 1 saturated heterocycles. The Morgan fingerprint density at radius 3 is 2.75 bits per heavy atom. The summed E-state index contributed by atoms with van der Waals surface area (Å²) < 4.78 is 3.54. The van der Waals surface area contributed by atoms with Crippen LogP contribution in [0.25, 0.3) is 5.52 Å². The third kappa shape index (κ3) is 2.23. The Balaban J connectivity index is 1.48. The summed E-state index contributed by atoms with van der Waals surface area (Å²) in [5, 5.41) is 7.61. The first-order valence-corrected chi connectivity index (χ1v) is 7.61. The minimum Gasteiger partial charge on any atom is -0.364 e. The van der Waals surface area contributed by atoms with E-state index in [1.54, 1.807) is 9.58 Å². The van der Waals surface area contributed by atoms with Gasteiger partial charge in [-0.05, 0) is 24.6 Å². The van der Waals surface area contributed by atoms with Gasteiger partial charge in [0.25, 0.3) is 11.8 Å². The van der Waals surface area contributed by atoms with Gasteiger partial charge in [-0.2, -0.15) is 0 Å². The normalized spacial score (nSPS) is 14.8. The van der Waals surface area contributed by atoms with Gasteiger partial charge >= 0.3 is 0 Å². The molecular weight excluding hydrogens is 308 g/mol. The number of nitrogens with zero attached hydrogens (tertiary/aromatic N) is 5. The molecule has 4 heterocycles. The summed E-state index contributed by atoms with van der Waals surface area (Å²) in [5.74, 6) is -0.617. The molecule has 8 heteroatoms. The lowest BCUT2D eigenvalue weighted by molar-refractivity contribution is 0.0498. The first kappa shape index (κ1) is 14.4. The van der Waals surface area contributed by atoms with Crippen LogP contribution in [0.3, 0.4) is 0 Å². The number of hydrogen-bond acceptors (Lipinski definition) is 4. The predicted octanol–water partition coefficient (Wildman–Crippen LogP) is 0.635. The maximum atomic E-state index is 12.6. The predicted molar refractivity (Wildman–Crippen MR) is 85.6 cm³/mol. The minimum atomic E-state index is -0.607. The number of likely N-dealkylation sites (tertiary alicyclic amines) is 1. The maximum Gasteiger partial charge on any atom is 0.270 e. The van der Waals surface area contributed by atoms with Gasteiger partial charge in [0.05, 0.1) is 17.8 Å². The van der Waals surface area contributed by atoms with Crippen LogP contribution < -0.4 is 5.73 Å². The van der Waals surface area contributed by atoms with E-state index in [0.29, 0.717) is 18.7 Å². The van der Waals surface area contributed by atoms with Crippen molar-refractivity contribution in [1.82, 2.24) is 24.3 Å². The zero-order chi connectivity index (χ0) is 16.8. The Kier molecular flexibility index (Phi) is 3.12. The highest BCUT2D eigenvalue weighted by molar-refractivity contribution is 5.96. The maximum absolute atomic E-state index is 12.6. The van der Waals surface area contributed by atoms with Crippen LogP contribution in [0.15, 0.2) is 36.8 Å². The van der Waals surface area contributed by atoms with Crippen LogP contribution in [0, 0.1) is 6.92 Å². The van der Waals surface area contributed by atoms with Crippen LogP contribution >= 0.6 is 0 Å². The Hall–Kier alpha value is -3.16. The molecule has 0 atom stereocenters. The second-order valence-electron chi connectivity index (χ2n) is 6.02. The van der Waals surface area contributed by atoms with Crippen LogP contribution in [0.4, 0.5) is 0 Å². The Morgan fingerprint density at radius 2 is 2.08 bits per heavy atom. The van der Waals surface area contributed by atoms with E-state index in [1.165, 1.54) is 6.20 Å². The molecule has 2 N–H and O–H groups in total. The summed E-state index contributed by atoms with van der Waals surface area (Å²) in [6.07, 6.45) is 5.29. The van der Waals surface area contributed by atoms with Crippen molar-refractivity contribution in [3.05, 3.63) is 53.6 Å². The molecule has 24 heavy (non-hydrogen) atoms. The summed E-state index contributed by atoms with van der Waals surface area (Å²) in [6, 6.07) is 5.90. The molecule has 3 aromatic rings. The number of carbonyl (C=O) groups excluding carboxylic acids is 2. The van der Waals surface area contributed by atoms with Crippen LogP contribution in [0.5, 0.6) is 0 Å². The fraction of sp³-hybridized carbons (Fsp3) is 0.250. The fourth-order valence-electron chi connectivity index (χ4n) is 2.94. The molecule has 0 aromatic carbocycles. The quantitative estimate of drug-likeness (QED) is 0.764. The molecule has 122 valence electrons. The number of amides is 2. The molecule has 1 aliphatic heterocycles. The molecule has 8 nitrogen and oxygen atoms in total. The molecule has 1 fully saturated rings. The van der Waals surface area contributed by atoms with E-state index in [2.05, 4.69) is 10.3 Å². The Morgan fingerprint density at radius 1 is 1.29 bits per heavy atom. The number of aryl methyl sites for hydroxylation is 1. The highest BCUT2D eigenvalue weighted by Gasteiger charge is 2.34. The van der Waals surface area contributed by atoms with Gasteiger partial charge in [-0.15, -0.1) is 5.10 Å². The minimum absolute atomic E-state index is 0.00964. The van der Waals surface area contributed by atoms with Gasteiger partial charge in [0.2, 0.25) is 0 Å². The summed E-state index contributed by atoms with van der Waals surface area (Å²) in [4.78, 5) is 25.4. The van der Waals surface area contributed by atoms with E-state index >= 15 is 0 Å². The zero-order valence-electron chi connectivity index (χ0n) is 13.1. The number of pyridine rings is 1. The molecule has 0 unspecified atom stereocenters. The van der Waals surface area contributed by atoms with Gasteiger partial charge in [-0.3, -0.25) is 9.59 Å². The summed E-state index contributed by atoms with van der Waals surface area (Å²) >= 11 is 0. The van der Waals surface area contributed by atoms with Gasteiger partial charge in [0, 0.05) is 31.0 Å². The average Bonchev–Trinajstić information content (AvgIpc) is 3.13. The zero-order valence-corrected chi connectivity index (χ0v) is 13.1. The number of carbonyl (C=O) groups is 2. The highest BCUT2D eigenvalue weighted by atomic mass is 16.2. The molecule has 0 radical (unpaired) electrons. The van der Waals surface area contributed by atoms with Gasteiger partial charge in [0.1, 0.15) is 0 Å². The largest absolute Gasteiger partial charge is 0.364 e. The van der Waals surface area contributed by atoms with Crippen molar-refractivity contribution in [2.45, 2.75) is 13.0 Å². The van der Waals surface area contributed by atoms with Gasteiger partial charge in [-0.1, -0.05) is 11.3 Å². The van der Waals surface area contributed by atoms with Crippen molar-refractivity contribution in [2.75, 3.05) is 13.1 Å². The van der Waals surface area contributed by atoms with Gasteiger partial charge in [0.15, 0.2) is 5.69 Å². The third-order valence-corrected chi connectivity index (χ3v) is 4.38. The van der Waals surface area contributed by atoms with E-state index in [1.807, 2.05) is 41.9 Å². The topological polar surface area (TPSA) is 98.5 Å². The number of nitrogens with two attached hydrogens (primary N) is 1. The number of rotatable bonds is 3. The first-order chi connectivity index (χ1) is 11.5. The van der Waals surface area contributed by atoms with E-state index in [9.17, 15) is 9.59 Å². The summed E-state index contributed by atoms with van der Waals surface area (Å²) in [5.41, 5.74) is 8.12. The van der Waals surface area contributed by atoms with Crippen LogP contribution in [0.1, 0.15) is 32.5 Å². The molecule has 2 amide bonds.